The molecule has 4 heteroatoms. The van der Waals surface area contributed by atoms with Crippen molar-refractivity contribution in [2.75, 3.05) is 7.11 Å². The molecule has 0 radical (unpaired) electrons. The van der Waals surface area contributed by atoms with Crippen LogP contribution in [0, 0.1) is 5.92 Å². The summed E-state index contributed by atoms with van der Waals surface area (Å²) in [6.07, 6.45) is 17.6. The van der Waals surface area contributed by atoms with E-state index in [9.17, 15) is 0 Å². The number of aromatic nitrogens is 1. The molecule has 29 heavy (non-hydrogen) atoms. The third kappa shape index (κ3) is 4.58. The van der Waals surface area contributed by atoms with Gasteiger partial charge in [-0.1, -0.05) is 39.0 Å². The average molecular weight is 393 g/mol. The molecule has 0 spiro atoms. The summed E-state index contributed by atoms with van der Waals surface area (Å²) < 4.78 is 11.8. The first-order valence-electron chi connectivity index (χ1n) is 11.1. The summed E-state index contributed by atoms with van der Waals surface area (Å²) >= 11 is 0. The van der Waals surface area contributed by atoms with Crippen molar-refractivity contribution in [1.29, 1.82) is 0 Å². The van der Waals surface area contributed by atoms with Crippen LogP contribution < -0.4 is 4.74 Å². The second-order valence-electron chi connectivity index (χ2n) is 8.15. The van der Waals surface area contributed by atoms with Crippen molar-refractivity contribution in [2.24, 2.45) is 10.9 Å². The molecule has 1 atom stereocenters. The van der Waals surface area contributed by atoms with Crippen LogP contribution in [0.4, 0.5) is 0 Å². The number of rotatable bonds is 6. The minimum Gasteiger partial charge on any atom is -0.493 e. The van der Waals surface area contributed by atoms with E-state index < -0.39 is 0 Å². The summed E-state index contributed by atoms with van der Waals surface area (Å²) in [6, 6.07) is 5.92. The van der Waals surface area contributed by atoms with Gasteiger partial charge in [0.05, 0.1) is 18.5 Å². The molecule has 4 nitrogen and oxygen atoms in total. The van der Waals surface area contributed by atoms with Gasteiger partial charge < -0.3 is 14.1 Å². The summed E-state index contributed by atoms with van der Waals surface area (Å²) in [4.78, 5) is 8.22. The first-order chi connectivity index (χ1) is 14.3. The fraction of sp³-hybridized carbons (Fsp3) is 0.480. The van der Waals surface area contributed by atoms with Gasteiger partial charge in [-0.25, -0.2) is 0 Å². The van der Waals surface area contributed by atoms with E-state index in [1.807, 2.05) is 24.4 Å². The third-order valence-corrected chi connectivity index (χ3v) is 6.04. The number of hydrogen-bond donors (Lipinski definition) is 1. The molecule has 1 N–H and O–H groups in total. The van der Waals surface area contributed by atoms with E-state index in [0.29, 0.717) is 5.92 Å². The average Bonchev–Trinajstić information content (AvgIpc) is 3.47. The van der Waals surface area contributed by atoms with Crippen LogP contribution in [0.2, 0.25) is 0 Å². The van der Waals surface area contributed by atoms with Gasteiger partial charge >= 0.3 is 0 Å². The van der Waals surface area contributed by atoms with Crippen LogP contribution in [0.1, 0.15) is 70.5 Å². The van der Waals surface area contributed by atoms with Gasteiger partial charge in [-0.15, -0.1) is 0 Å². The van der Waals surface area contributed by atoms with E-state index >= 15 is 0 Å². The number of allylic oxidation sites excluding steroid dienone is 2. The number of H-pyrrole nitrogens is 1. The molecule has 2 bridgehead atoms. The number of ether oxygens (including phenoxy) is 1. The Morgan fingerprint density at radius 2 is 2.17 bits per heavy atom. The quantitative estimate of drug-likeness (QED) is 0.566. The smallest absolute Gasteiger partial charge is 0.171 e. The van der Waals surface area contributed by atoms with Gasteiger partial charge in [0.1, 0.15) is 0 Å². The number of aliphatic imine (C=N–C) groups is 1. The molecule has 0 saturated heterocycles. The Bertz CT molecular complexity index is 899. The molecular formula is C25H32N2O2. The lowest BCUT2D eigenvalue weighted by Crippen LogP contribution is -2.06. The van der Waals surface area contributed by atoms with Crippen molar-refractivity contribution >= 4 is 11.8 Å². The Morgan fingerprint density at radius 3 is 2.97 bits per heavy atom. The monoisotopic (exact) mass is 392 g/mol. The maximum Gasteiger partial charge on any atom is 0.171 e. The minimum absolute atomic E-state index is 0.587. The van der Waals surface area contributed by atoms with Crippen molar-refractivity contribution in [3.05, 3.63) is 47.5 Å². The molecule has 1 aliphatic carbocycles. The van der Waals surface area contributed by atoms with Crippen LogP contribution >= 0.6 is 0 Å². The van der Waals surface area contributed by atoms with E-state index in [0.717, 1.165) is 35.1 Å². The first kappa shape index (κ1) is 19.8. The number of nitrogens with one attached hydrogen (secondary N) is 1. The van der Waals surface area contributed by atoms with Gasteiger partial charge in [0.2, 0.25) is 0 Å². The van der Waals surface area contributed by atoms with Crippen LogP contribution in [-0.4, -0.2) is 17.8 Å². The lowest BCUT2D eigenvalue weighted by atomic mass is 9.85. The Balaban J connectivity index is 1.68. The summed E-state index contributed by atoms with van der Waals surface area (Å²) in [7, 11) is 1.69. The molecular weight excluding hydrogens is 360 g/mol. The number of methoxy groups -OCH3 is 1. The molecule has 1 aliphatic heterocycles. The first-order valence-corrected chi connectivity index (χ1v) is 11.1. The van der Waals surface area contributed by atoms with Crippen LogP contribution in [0.15, 0.2) is 51.2 Å². The topological polar surface area (TPSA) is 50.5 Å². The molecule has 2 aromatic rings. The second kappa shape index (κ2) is 9.34. The molecule has 4 rings (SSSR count). The van der Waals surface area contributed by atoms with E-state index in [1.54, 1.807) is 7.11 Å². The normalized spacial score (nSPS) is 21.2. The number of aromatic amines is 1. The summed E-state index contributed by atoms with van der Waals surface area (Å²) in [5, 5.41) is 0. The predicted molar refractivity (Wildman–Crippen MR) is 119 cm³/mol. The maximum absolute atomic E-state index is 6.16. The molecule has 3 heterocycles. The van der Waals surface area contributed by atoms with E-state index in [-0.39, 0.29) is 0 Å². The van der Waals surface area contributed by atoms with Crippen LogP contribution in [0.25, 0.3) is 17.5 Å². The summed E-state index contributed by atoms with van der Waals surface area (Å²) in [5.41, 5.74) is 4.64. The lowest BCUT2D eigenvalue weighted by molar-refractivity contribution is 0.404. The lowest BCUT2D eigenvalue weighted by Gasteiger charge is -2.19. The van der Waals surface area contributed by atoms with E-state index in [2.05, 4.69) is 24.1 Å². The van der Waals surface area contributed by atoms with Crippen LogP contribution in [0.5, 0.6) is 5.75 Å². The van der Waals surface area contributed by atoms with Crippen molar-refractivity contribution < 1.29 is 9.15 Å². The Hall–Kier alpha value is -2.49. The Kier molecular flexibility index (Phi) is 6.38. The standard InChI is InChI=1S/C25H32N2O2/c1-3-4-10-18-11-7-5-6-8-12-19-15-20(18)22(27-19)16-25-24(28-2)17-23(29-25)21-13-9-14-26-21/h9,13-18,26H,3-8,10-12H2,1-2H3/b22-16-. The highest BCUT2D eigenvalue weighted by atomic mass is 16.5. The van der Waals surface area contributed by atoms with Gasteiger partial charge in [-0.05, 0) is 55.4 Å². The number of hydrogen-bond acceptors (Lipinski definition) is 3. The fourth-order valence-electron chi connectivity index (χ4n) is 4.42. The van der Waals surface area contributed by atoms with Gasteiger partial charge in [-0.2, -0.15) is 0 Å². The molecule has 154 valence electrons. The number of fused-ring (bicyclic) bond motifs is 1. The molecule has 0 amide bonds. The van der Waals surface area contributed by atoms with Crippen molar-refractivity contribution in [1.82, 2.24) is 4.98 Å². The fourth-order valence-corrected chi connectivity index (χ4v) is 4.42. The van der Waals surface area contributed by atoms with Gasteiger partial charge in [0.25, 0.3) is 0 Å². The summed E-state index contributed by atoms with van der Waals surface area (Å²) in [5.74, 6) is 2.86. The van der Waals surface area contributed by atoms with Crippen LogP contribution in [-0.2, 0) is 0 Å². The van der Waals surface area contributed by atoms with Crippen molar-refractivity contribution in [3.8, 4) is 17.2 Å². The van der Waals surface area contributed by atoms with Gasteiger partial charge in [0.15, 0.2) is 17.3 Å². The second-order valence-corrected chi connectivity index (χ2v) is 8.15. The Morgan fingerprint density at radius 1 is 1.28 bits per heavy atom. The highest BCUT2D eigenvalue weighted by molar-refractivity contribution is 6.00. The molecule has 2 aliphatic rings. The van der Waals surface area contributed by atoms with E-state index in [1.165, 1.54) is 62.7 Å². The molecule has 1 unspecified atom stereocenters. The molecule has 2 aromatic heterocycles. The largest absolute Gasteiger partial charge is 0.493 e. The third-order valence-electron chi connectivity index (χ3n) is 6.04. The molecule has 0 aromatic carbocycles. The predicted octanol–water partition coefficient (Wildman–Crippen LogP) is 7.17. The highest BCUT2D eigenvalue weighted by Crippen LogP contribution is 2.38. The number of nitrogens with zero attached hydrogens (tertiary/aromatic N) is 1. The zero-order valence-corrected chi connectivity index (χ0v) is 17.7. The molecule has 0 fully saturated rings. The van der Waals surface area contributed by atoms with E-state index in [4.69, 9.17) is 14.1 Å². The molecule has 0 saturated carbocycles. The van der Waals surface area contributed by atoms with Gasteiger partial charge in [-0.3, -0.25) is 4.99 Å². The number of furan rings is 1. The zero-order chi connectivity index (χ0) is 20.1. The van der Waals surface area contributed by atoms with Crippen molar-refractivity contribution in [2.45, 2.75) is 64.7 Å². The number of unbranched alkanes of at least 4 members (excludes halogenated alkanes) is 1. The minimum atomic E-state index is 0.587. The van der Waals surface area contributed by atoms with Gasteiger partial charge in [0, 0.05) is 24.1 Å². The summed E-state index contributed by atoms with van der Waals surface area (Å²) in [6.45, 7) is 2.28. The highest BCUT2D eigenvalue weighted by Gasteiger charge is 2.24. The maximum atomic E-state index is 6.16. The van der Waals surface area contributed by atoms with Crippen LogP contribution in [0.3, 0.4) is 0 Å². The van der Waals surface area contributed by atoms with Crippen molar-refractivity contribution in [3.63, 3.8) is 0 Å². The zero-order valence-electron chi connectivity index (χ0n) is 17.7. The Labute approximate surface area is 173 Å². The SMILES string of the molecule is CCCCC1CCCCCCC2=N/C(=C\c3oc(-c4ccc[nH]4)cc3OC)C1=C2.